The molecule has 0 spiro atoms. The zero-order valence-electron chi connectivity index (χ0n) is 4.14. The van der Waals surface area contributed by atoms with Gasteiger partial charge in [0.15, 0.2) is 6.61 Å². The summed E-state index contributed by atoms with van der Waals surface area (Å²) in [4.78, 5) is 4.55. The summed E-state index contributed by atoms with van der Waals surface area (Å²) in [5.74, 6) is 0. The van der Waals surface area contributed by atoms with Crippen LogP contribution >= 0.6 is 0 Å². The molecule has 2 heteroatoms. The number of hydrogen-bond donors (Lipinski definition) is 0. The lowest BCUT2D eigenvalue weighted by molar-refractivity contribution is 0.112. The Morgan fingerprint density at radius 1 is 1.83 bits per heavy atom. The topological polar surface area (TPSA) is 23.3 Å². The normalized spacial score (nSPS) is 9.67. The van der Waals surface area contributed by atoms with Crippen LogP contribution in [0, 0.1) is 0 Å². The fourth-order valence-corrected chi connectivity index (χ4v) is 0.149. The van der Waals surface area contributed by atoms with Gasteiger partial charge in [-0.1, -0.05) is 0 Å². The molecule has 0 rings (SSSR count). The highest BCUT2D eigenvalue weighted by Crippen LogP contribution is 1.54. The summed E-state index contributed by atoms with van der Waals surface area (Å²) in [6.45, 7) is 4.37. The first-order chi connectivity index (χ1) is 2.91. The molecule has 0 amide bonds. The zero-order chi connectivity index (χ0) is 4.83. The molecule has 0 aliphatic rings. The van der Waals surface area contributed by atoms with Gasteiger partial charge in [0.05, 0.1) is 0 Å². The monoisotopic (exact) mass is 87.1 g/mol. The predicted octanol–water partition coefficient (Wildman–Crippen LogP) is 0.364. The number of hydrogen-bond acceptors (Lipinski definition) is 2. The highest BCUT2D eigenvalue weighted by Gasteiger charge is 1.78. The summed E-state index contributed by atoms with van der Waals surface area (Å²) in [7, 11) is 0. The molecule has 2 nitrogen and oxygen atoms in total. The van der Waals surface area contributed by atoms with Gasteiger partial charge in [-0.3, -0.25) is 0 Å². The molecule has 0 heterocycles. The Hall–Kier alpha value is -0.530. The van der Waals surface area contributed by atoms with Gasteiger partial charge >= 0.3 is 0 Å². The van der Waals surface area contributed by atoms with Gasteiger partial charge in [-0.05, 0) is 6.92 Å². The van der Waals surface area contributed by atoms with E-state index in [1.165, 1.54) is 0 Å². The van der Waals surface area contributed by atoms with Crippen molar-refractivity contribution in [3.63, 3.8) is 0 Å². The summed E-state index contributed by atoms with van der Waals surface area (Å²) < 4.78 is 0. The van der Waals surface area contributed by atoms with E-state index in [0.717, 1.165) is 0 Å². The van der Waals surface area contributed by atoms with Crippen LogP contribution in [0.4, 0.5) is 0 Å². The SMILES string of the molecule is CC=[N+]OCC. The minimum atomic E-state index is 0.657. The van der Waals surface area contributed by atoms with Crippen molar-refractivity contribution >= 4 is 6.21 Å². The van der Waals surface area contributed by atoms with Crippen LogP contribution in [0.1, 0.15) is 13.8 Å². The van der Waals surface area contributed by atoms with Crippen LogP contribution in [0.15, 0.2) is 0 Å². The molecule has 0 bridgehead atoms. The third-order valence-electron chi connectivity index (χ3n) is 0.309. The standard InChI is InChI=1S/C4H9NO/c1-3-5-6-4-2/h3H,4H2,1-2H3/q+1. The first-order valence-electron chi connectivity index (χ1n) is 2.01. The quantitative estimate of drug-likeness (QED) is 0.352. The maximum Gasteiger partial charge on any atom is 0.285 e. The molecule has 0 unspecified atom stereocenters. The van der Waals surface area contributed by atoms with Crippen molar-refractivity contribution in [1.29, 1.82) is 0 Å². The maximum absolute atomic E-state index is 4.55. The summed E-state index contributed by atoms with van der Waals surface area (Å²) >= 11 is 0. The Morgan fingerprint density at radius 2 is 2.50 bits per heavy atom. The third kappa shape index (κ3) is 3.47. The average molecular weight is 87.1 g/mol. The fraction of sp³-hybridized carbons (Fsp3) is 0.750. The van der Waals surface area contributed by atoms with Crippen molar-refractivity contribution in [3.8, 4) is 0 Å². The van der Waals surface area contributed by atoms with Gasteiger partial charge in [-0.15, -0.1) is 0 Å². The highest BCUT2D eigenvalue weighted by molar-refractivity contribution is 5.50. The maximum atomic E-state index is 4.55. The molecular formula is C4H9NO+. The minimum absolute atomic E-state index is 0.657. The zero-order valence-corrected chi connectivity index (χ0v) is 4.14. The Kier molecular flexibility index (Phi) is 4.08. The van der Waals surface area contributed by atoms with Crippen molar-refractivity contribution in [2.24, 2.45) is 0 Å². The average Bonchev–Trinajstić information content (AvgIpc) is 1.61. The van der Waals surface area contributed by atoms with Gasteiger partial charge in [0.2, 0.25) is 0 Å². The van der Waals surface area contributed by atoms with Crippen molar-refractivity contribution in [2.45, 2.75) is 13.8 Å². The lowest BCUT2D eigenvalue weighted by atomic mass is 10.9. The molecule has 0 saturated heterocycles. The van der Waals surface area contributed by atoms with E-state index in [1.807, 2.05) is 13.8 Å². The minimum Gasteiger partial charge on any atom is -0.214 e. The van der Waals surface area contributed by atoms with Crippen molar-refractivity contribution in [3.05, 3.63) is 0 Å². The Balaban J connectivity index is 2.66. The Bertz CT molecular complexity index is 42.8. The van der Waals surface area contributed by atoms with E-state index in [1.54, 1.807) is 6.21 Å². The Labute approximate surface area is 37.8 Å². The third-order valence-corrected chi connectivity index (χ3v) is 0.309. The van der Waals surface area contributed by atoms with Crippen molar-refractivity contribution in [2.75, 3.05) is 6.61 Å². The van der Waals surface area contributed by atoms with E-state index < -0.39 is 0 Å². The molecule has 0 fully saturated rings. The molecule has 0 aromatic heterocycles. The largest absolute Gasteiger partial charge is 0.285 e. The lowest BCUT2D eigenvalue weighted by Gasteiger charge is -1.66. The van der Waals surface area contributed by atoms with Crippen LogP contribution in [-0.2, 0) is 4.84 Å². The summed E-state index contributed by atoms with van der Waals surface area (Å²) in [6, 6.07) is 0. The second kappa shape index (κ2) is 4.47. The molecule has 0 aliphatic heterocycles. The smallest absolute Gasteiger partial charge is 0.214 e. The van der Waals surface area contributed by atoms with Crippen LogP contribution < -0.4 is 5.16 Å². The van der Waals surface area contributed by atoms with E-state index in [4.69, 9.17) is 0 Å². The van der Waals surface area contributed by atoms with E-state index >= 15 is 0 Å². The van der Waals surface area contributed by atoms with Gasteiger partial charge in [-0.2, -0.15) is 0 Å². The van der Waals surface area contributed by atoms with Crippen LogP contribution in [0.3, 0.4) is 0 Å². The van der Waals surface area contributed by atoms with Gasteiger partial charge in [0.25, 0.3) is 11.4 Å². The molecule has 35 valence electrons. The highest BCUT2D eigenvalue weighted by atomic mass is 16.6. The summed E-state index contributed by atoms with van der Waals surface area (Å²) in [5.41, 5.74) is 0. The van der Waals surface area contributed by atoms with E-state index in [9.17, 15) is 0 Å². The number of rotatable bonds is 2. The van der Waals surface area contributed by atoms with Gasteiger partial charge in [0, 0.05) is 6.92 Å². The van der Waals surface area contributed by atoms with Crippen LogP contribution in [-0.4, -0.2) is 12.8 Å². The Morgan fingerprint density at radius 3 is 2.67 bits per heavy atom. The van der Waals surface area contributed by atoms with Crippen LogP contribution in [0.25, 0.3) is 0 Å². The second-order valence-electron chi connectivity index (χ2n) is 0.781. The summed E-state index contributed by atoms with van der Waals surface area (Å²) in [6.07, 6.45) is 1.61. The second-order valence-corrected chi connectivity index (χ2v) is 0.781. The van der Waals surface area contributed by atoms with Crippen molar-refractivity contribution < 1.29 is 4.84 Å². The van der Waals surface area contributed by atoms with Gasteiger partial charge in [0.1, 0.15) is 0 Å². The molecule has 0 N–H and O–H groups in total. The molecule has 0 aromatic carbocycles. The molecule has 0 atom stereocenters. The predicted molar refractivity (Wildman–Crippen MR) is 25.5 cm³/mol. The molecule has 1 radical (unpaired) electrons. The molecule has 0 saturated carbocycles. The first-order valence-corrected chi connectivity index (χ1v) is 2.01. The van der Waals surface area contributed by atoms with E-state index in [0.29, 0.717) is 6.61 Å². The van der Waals surface area contributed by atoms with Crippen LogP contribution in [0.2, 0.25) is 0 Å². The first kappa shape index (κ1) is 5.47. The van der Waals surface area contributed by atoms with E-state index in [-0.39, 0.29) is 0 Å². The summed E-state index contributed by atoms with van der Waals surface area (Å²) in [5, 5.41) is 3.47. The fourth-order valence-electron chi connectivity index (χ4n) is 0.149. The van der Waals surface area contributed by atoms with Crippen LogP contribution in [0.5, 0.6) is 0 Å². The molecule has 0 aromatic rings. The van der Waals surface area contributed by atoms with E-state index in [2.05, 4.69) is 9.99 Å². The number of oxime groups is 1. The molecule has 0 aliphatic carbocycles. The van der Waals surface area contributed by atoms with Gasteiger partial charge in [-0.25, -0.2) is 4.84 Å². The number of nitrogens with zero attached hydrogens (tertiary/aromatic N) is 1. The van der Waals surface area contributed by atoms with Gasteiger partial charge < -0.3 is 0 Å². The molecular weight excluding hydrogens is 78.0 g/mol. The molecule has 6 heavy (non-hydrogen) atoms. The van der Waals surface area contributed by atoms with Crippen molar-refractivity contribution in [1.82, 2.24) is 5.16 Å². The lowest BCUT2D eigenvalue weighted by Crippen LogP contribution is -1.90.